The molecular formula is C12H13N3O3. The summed E-state index contributed by atoms with van der Waals surface area (Å²) in [6, 6.07) is 5.41. The first-order valence-electron chi connectivity index (χ1n) is 5.64. The van der Waals surface area contributed by atoms with Gasteiger partial charge in [-0.25, -0.2) is 0 Å². The molecule has 1 aromatic carbocycles. The molecule has 2 aromatic rings. The van der Waals surface area contributed by atoms with Gasteiger partial charge in [0.2, 0.25) is 0 Å². The summed E-state index contributed by atoms with van der Waals surface area (Å²) in [4.78, 5) is 0. The van der Waals surface area contributed by atoms with Crippen LogP contribution in [0.4, 0.5) is 0 Å². The van der Waals surface area contributed by atoms with Crippen molar-refractivity contribution in [1.29, 1.82) is 0 Å². The van der Waals surface area contributed by atoms with E-state index in [1.54, 1.807) is 17.0 Å². The van der Waals surface area contributed by atoms with Crippen molar-refractivity contribution in [1.82, 2.24) is 14.8 Å². The lowest BCUT2D eigenvalue weighted by atomic mass is 10.1. The van der Waals surface area contributed by atoms with Gasteiger partial charge in [0, 0.05) is 18.7 Å². The Balaban J connectivity index is 1.73. The molecule has 1 aliphatic heterocycles. The van der Waals surface area contributed by atoms with E-state index in [9.17, 15) is 5.11 Å². The number of aryl methyl sites for hydroxylation is 1. The lowest BCUT2D eigenvalue weighted by Crippen LogP contribution is -2.03. The first kappa shape index (κ1) is 11.0. The Hall–Kier alpha value is -2.08. The summed E-state index contributed by atoms with van der Waals surface area (Å²) < 4.78 is 12.8. The van der Waals surface area contributed by atoms with E-state index in [0.717, 1.165) is 11.4 Å². The van der Waals surface area contributed by atoms with Crippen LogP contribution in [0.15, 0.2) is 24.5 Å². The van der Waals surface area contributed by atoms with Crippen molar-refractivity contribution in [2.75, 3.05) is 6.61 Å². The minimum absolute atomic E-state index is 0.308. The summed E-state index contributed by atoms with van der Waals surface area (Å²) in [7, 11) is 1.86. The van der Waals surface area contributed by atoms with Crippen molar-refractivity contribution in [2.45, 2.75) is 12.7 Å². The molecular weight excluding hydrogens is 234 g/mol. The van der Waals surface area contributed by atoms with Crippen molar-refractivity contribution in [2.24, 2.45) is 7.05 Å². The summed E-state index contributed by atoms with van der Waals surface area (Å²) in [6.07, 6.45) is 1.09. The number of ether oxygens (including phenoxy) is 2. The van der Waals surface area contributed by atoms with Crippen molar-refractivity contribution in [3.8, 4) is 11.5 Å². The van der Waals surface area contributed by atoms with Crippen LogP contribution in [-0.4, -0.2) is 26.5 Å². The molecule has 0 fully saturated rings. The van der Waals surface area contributed by atoms with Gasteiger partial charge in [-0.2, -0.15) is 0 Å². The van der Waals surface area contributed by atoms with Crippen LogP contribution < -0.4 is 9.47 Å². The molecule has 6 heteroatoms. The van der Waals surface area contributed by atoms with Crippen LogP contribution in [0.2, 0.25) is 0 Å². The normalized spacial score (nSPS) is 17.3. The topological polar surface area (TPSA) is 69.4 Å². The van der Waals surface area contributed by atoms with E-state index in [4.69, 9.17) is 9.47 Å². The van der Waals surface area contributed by atoms with Crippen LogP contribution in [0.25, 0.3) is 0 Å². The molecule has 18 heavy (non-hydrogen) atoms. The van der Waals surface area contributed by atoms with E-state index in [2.05, 4.69) is 10.2 Å². The number of aliphatic hydroxyl groups excluding tert-OH is 1. The molecule has 6 nitrogen and oxygen atoms in total. The highest BCUT2D eigenvalue weighted by molar-refractivity contribution is 5.44. The third-order valence-electron chi connectivity index (χ3n) is 2.91. The highest BCUT2D eigenvalue weighted by Crippen LogP contribution is 2.35. The Morgan fingerprint density at radius 2 is 2.44 bits per heavy atom. The molecule has 0 bridgehead atoms. The third-order valence-corrected chi connectivity index (χ3v) is 2.91. The van der Waals surface area contributed by atoms with E-state index in [1.165, 1.54) is 0 Å². The van der Waals surface area contributed by atoms with E-state index >= 15 is 0 Å². The first-order chi connectivity index (χ1) is 8.74. The number of nitrogens with zero attached hydrogens (tertiary/aromatic N) is 3. The molecule has 1 aromatic heterocycles. The van der Waals surface area contributed by atoms with E-state index in [1.807, 2.05) is 19.2 Å². The Labute approximate surface area is 104 Å². The Bertz CT molecular complexity index is 567. The molecule has 0 saturated carbocycles. The average Bonchev–Trinajstić information content (AvgIpc) is 2.94. The van der Waals surface area contributed by atoms with Gasteiger partial charge in [-0.1, -0.05) is 0 Å². The second-order valence-electron chi connectivity index (χ2n) is 4.17. The van der Waals surface area contributed by atoms with Gasteiger partial charge in [0.1, 0.15) is 37.1 Å². The number of hydrogen-bond donors (Lipinski definition) is 1. The first-order valence-corrected chi connectivity index (χ1v) is 5.64. The molecule has 0 saturated heterocycles. The van der Waals surface area contributed by atoms with Crippen LogP contribution in [0.1, 0.15) is 17.5 Å². The van der Waals surface area contributed by atoms with Gasteiger partial charge in [-0.3, -0.25) is 0 Å². The van der Waals surface area contributed by atoms with Crippen LogP contribution in [0.5, 0.6) is 11.5 Å². The quantitative estimate of drug-likeness (QED) is 0.869. The number of aliphatic hydroxyl groups is 1. The standard InChI is InChI=1S/C12H13N3O3/c1-15-7-13-14-12(15)6-17-8-2-3-9-10(16)5-18-11(9)4-8/h2-4,7,10,16H,5-6H2,1H3. The van der Waals surface area contributed by atoms with Gasteiger partial charge in [0.25, 0.3) is 0 Å². The molecule has 94 valence electrons. The smallest absolute Gasteiger partial charge is 0.170 e. The summed E-state index contributed by atoms with van der Waals surface area (Å²) in [5, 5.41) is 17.3. The summed E-state index contributed by atoms with van der Waals surface area (Å²) in [6.45, 7) is 0.653. The Morgan fingerprint density at radius 3 is 3.22 bits per heavy atom. The molecule has 3 rings (SSSR count). The number of aromatic nitrogens is 3. The summed E-state index contributed by atoms with van der Waals surface area (Å²) in [5.74, 6) is 2.11. The number of hydrogen-bond acceptors (Lipinski definition) is 5. The predicted molar refractivity (Wildman–Crippen MR) is 62.2 cm³/mol. The monoisotopic (exact) mass is 247 g/mol. The van der Waals surface area contributed by atoms with Crippen molar-refractivity contribution < 1.29 is 14.6 Å². The van der Waals surface area contributed by atoms with Crippen molar-refractivity contribution in [3.63, 3.8) is 0 Å². The van der Waals surface area contributed by atoms with E-state index in [-0.39, 0.29) is 0 Å². The second kappa shape index (κ2) is 4.30. The van der Waals surface area contributed by atoms with E-state index < -0.39 is 6.10 Å². The maximum atomic E-state index is 9.60. The maximum absolute atomic E-state index is 9.60. The molecule has 0 spiro atoms. The van der Waals surface area contributed by atoms with Crippen LogP contribution in [0, 0.1) is 0 Å². The minimum Gasteiger partial charge on any atom is -0.490 e. The fourth-order valence-corrected chi connectivity index (χ4v) is 1.85. The van der Waals surface area contributed by atoms with Gasteiger partial charge in [0.15, 0.2) is 5.82 Å². The zero-order valence-corrected chi connectivity index (χ0v) is 9.91. The third kappa shape index (κ3) is 1.91. The average molecular weight is 247 g/mol. The lowest BCUT2D eigenvalue weighted by molar-refractivity contribution is 0.140. The minimum atomic E-state index is -0.534. The van der Waals surface area contributed by atoms with Crippen molar-refractivity contribution >= 4 is 0 Å². The van der Waals surface area contributed by atoms with Crippen molar-refractivity contribution in [3.05, 3.63) is 35.9 Å². The molecule has 0 radical (unpaired) electrons. The zero-order valence-electron chi connectivity index (χ0n) is 9.91. The molecule has 1 atom stereocenters. The lowest BCUT2D eigenvalue weighted by Gasteiger charge is -2.07. The van der Waals surface area contributed by atoms with Gasteiger partial charge >= 0.3 is 0 Å². The molecule has 1 aliphatic rings. The molecule has 1 unspecified atom stereocenters. The molecule has 0 amide bonds. The van der Waals surface area contributed by atoms with Gasteiger partial charge in [-0.15, -0.1) is 10.2 Å². The van der Waals surface area contributed by atoms with Crippen LogP contribution in [0.3, 0.4) is 0 Å². The zero-order chi connectivity index (χ0) is 12.5. The largest absolute Gasteiger partial charge is 0.490 e. The van der Waals surface area contributed by atoms with E-state index in [0.29, 0.717) is 24.7 Å². The van der Waals surface area contributed by atoms with Gasteiger partial charge < -0.3 is 19.1 Å². The number of benzene rings is 1. The Kier molecular flexibility index (Phi) is 2.64. The predicted octanol–water partition coefficient (Wildman–Crippen LogP) is 0.820. The highest BCUT2D eigenvalue weighted by atomic mass is 16.5. The van der Waals surface area contributed by atoms with Gasteiger partial charge in [-0.05, 0) is 12.1 Å². The maximum Gasteiger partial charge on any atom is 0.170 e. The molecule has 1 N–H and O–H groups in total. The fourth-order valence-electron chi connectivity index (χ4n) is 1.85. The summed E-state index contributed by atoms with van der Waals surface area (Å²) >= 11 is 0. The van der Waals surface area contributed by atoms with Crippen LogP contribution in [-0.2, 0) is 13.7 Å². The molecule has 0 aliphatic carbocycles. The molecule has 2 heterocycles. The second-order valence-corrected chi connectivity index (χ2v) is 4.17. The SMILES string of the molecule is Cn1cnnc1COc1ccc2c(c1)OCC2O. The number of fused-ring (bicyclic) bond motifs is 1. The fraction of sp³-hybridized carbons (Fsp3) is 0.333. The van der Waals surface area contributed by atoms with Gasteiger partial charge in [0.05, 0.1) is 0 Å². The Morgan fingerprint density at radius 1 is 1.56 bits per heavy atom. The summed E-state index contributed by atoms with van der Waals surface area (Å²) in [5.41, 5.74) is 0.806. The van der Waals surface area contributed by atoms with Crippen LogP contribution >= 0.6 is 0 Å². The number of rotatable bonds is 3. The highest BCUT2D eigenvalue weighted by Gasteiger charge is 2.22.